The molecule has 14 nitrogen and oxygen atoms in total. The summed E-state index contributed by atoms with van der Waals surface area (Å²) in [4.78, 5) is 82.7. The number of ketones is 1. The number of likely N-dealkylation sites (tertiary alicyclic amines) is 1. The number of rotatable bonds is 15. The van der Waals surface area contributed by atoms with Gasteiger partial charge in [-0.25, -0.2) is 13.1 Å². The maximum atomic E-state index is 14.1. The molecule has 3 rings (SSSR count). The second-order valence-electron chi connectivity index (χ2n) is 15.4. The molecule has 1 saturated heterocycles. The predicted octanol–water partition coefficient (Wildman–Crippen LogP) is 1.13. The van der Waals surface area contributed by atoms with Gasteiger partial charge in [0, 0.05) is 20.6 Å². The summed E-state index contributed by atoms with van der Waals surface area (Å²) in [5.41, 5.74) is -0.554. The number of carbonyl (C=O) groups excluding carboxylic acids is 6. The minimum atomic E-state index is -3.84. The molecule has 4 N–H and O–H groups in total. The number of nitrogens with one attached hydrogen (secondary N) is 4. The fourth-order valence-electron chi connectivity index (χ4n) is 6.50. The maximum absolute atomic E-state index is 14.1. The van der Waals surface area contributed by atoms with E-state index in [0.717, 1.165) is 0 Å². The Kier molecular flexibility index (Phi) is 12.6. The Morgan fingerprint density at radius 3 is 2.12 bits per heavy atom. The number of amides is 5. The van der Waals surface area contributed by atoms with Crippen molar-refractivity contribution in [3.05, 3.63) is 35.9 Å². The van der Waals surface area contributed by atoms with Crippen LogP contribution in [0.15, 0.2) is 30.3 Å². The number of sulfonamides is 1. The minimum absolute atomic E-state index is 0.00856. The molecule has 15 heteroatoms. The topological polar surface area (TPSA) is 191 Å². The van der Waals surface area contributed by atoms with Crippen LogP contribution in [0.1, 0.15) is 79.8 Å². The lowest BCUT2D eigenvalue weighted by atomic mass is 9.86. The standard InChI is InChI=1S/C35H54N6O8S/c1-11-15-23(28(43)31(45)36-18-24(42)38-26(32(46)40(9)10)21-16-13-12-14-17-21)37-30(44)27-25-22(35(25,7)8)19-41(27)33(47)29(34(4,5)6)39-50(48,49)20(2)3/h12-14,16-17,20,22-23,25-27,29,39H,11,15,18-19H2,1-10H3,(H,36,45)(H,37,44)(H,38,42)/t22-,23+,25?,26-,27-,29+/m0/s1. The van der Waals surface area contributed by atoms with Crippen molar-refractivity contribution in [3.8, 4) is 0 Å². The van der Waals surface area contributed by atoms with Crippen molar-refractivity contribution in [2.75, 3.05) is 27.2 Å². The first-order valence-corrected chi connectivity index (χ1v) is 18.6. The van der Waals surface area contributed by atoms with Crippen LogP contribution in [0.5, 0.6) is 0 Å². The van der Waals surface area contributed by atoms with E-state index in [1.807, 2.05) is 13.8 Å². The quantitative estimate of drug-likeness (QED) is 0.194. The van der Waals surface area contributed by atoms with Crippen LogP contribution in [-0.4, -0.2) is 104 Å². The van der Waals surface area contributed by atoms with Crippen LogP contribution in [0.3, 0.4) is 0 Å². The van der Waals surface area contributed by atoms with Crippen molar-refractivity contribution in [1.82, 2.24) is 30.5 Å². The van der Waals surface area contributed by atoms with Gasteiger partial charge in [0.2, 0.25) is 39.4 Å². The van der Waals surface area contributed by atoms with Gasteiger partial charge in [0.15, 0.2) is 0 Å². The van der Waals surface area contributed by atoms with Gasteiger partial charge in [-0.05, 0) is 48.5 Å². The van der Waals surface area contributed by atoms with E-state index in [2.05, 4.69) is 20.7 Å². The van der Waals surface area contributed by atoms with Gasteiger partial charge in [0.25, 0.3) is 5.91 Å². The SMILES string of the molecule is CCC[C@@H](NC(=O)[C@@H]1C2[C@H](CN1C(=O)[C@@H](NS(=O)(=O)C(C)C)C(C)(C)C)C2(C)C)C(=O)C(=O)NCC(=O)N[C@H](C(=O)N(C)C)c1ccccc1. The number of piperidine rings is 1. The molecule has 0 spiro atoms. The zero-order valence-electron chi connectivity index (χ0n) is 30.8. The number of likely N-dealkylation sites (N-methyl/N-ethyl adjacent to an activating group) is 1. The summed E-state index contributed by atoms with van der Waals surface area (Å²) in [6, 6.07) is 4.21. The fraction of sp³-hybridized carbons (Fsp3) is 0.657. The van der Waals surface area contributed by atoms with Gasteiger partial charge in [0.05, 0.1) is 17.8 Å². The van der Waals surface area contributed by atoms with Gasteiger partial charge in [-0.1, -0.05) is 78.3 Å². The molecular weight excluding hydrogens is 664 g/mol. The van der Waals surface area contributed by atoms with Crippen molar-refractivity contribution < 1.29 is 37.2 Å². The van der Waals surface area contributed by atoms with Crippen LogP contribution in [0.25, 0.3) is 0 Å². The molecule has 278 valence electrons. The first-order valence-electron chi connectivity index (χ1n) is 17.1. The maximum Gasteiger partial charge on any atom is 0.290 e. The van der Waals surface area contributed by atoms with Crippen molar-refractivity contribution in [2.24, 2.45) is 22.7 Å². The van der Waals surface area contributed by atoms with Crippen LogP contribution in [0.4, 0.5) is 0 Å². The Labute approximate surface area is 295 Å². The van der Waals surface area contributed by atoms with Gasteiger partial charge in [0.1, 0.15) is 18.1 Å². The van der Waals surface area contributed by atoms with E-state index in [1.54, 1.807) is 72.1 Å². The van der Waals surface area contributed by atoms with Gasteiger partial charge in [-0.3, -0.25) is 28.8 Å². The molecule has 2 fully saturated rings. The summed E-state index contributed by atoms with van der Waals surface area (Å²) in [5.74, 6) is -4.52. The number of Topliss-reactive ketones (excluding diaryl/α,β-unsaturated/α-hetero) is 1. The third kappa shape index (κ3) is 9.08. The van der Waals surface area contributed by atoms with Crippen molar-refractivity contribution in [2.45, 2.75) is 97.6 Å². The Morgan fingerprint density at radius 1 is 1.00 bits per heavy atom. The lowest BCUT2D eigenvalue weighted by molar-refractivity contribution is -0.145. The van der Waals surface area contributed by atoms with Gasteiger partial charge in [-0.2, -0.15) is 0 Å². The van der Waals surface area contributed by atoms with E-state index >= 15 is 0 Å². The van der Waals surface area contributed by atoms with Gasteiger partial charge < -0.3 is 25.8 Å². The average molecular weight is 719 g/mol. The van der Waals surface area contributed by atoms with Crippen molar-refractivity contribution in [1.29, 1.82) is 0 Å². The molecule has 1 aliphatic carbocycles. The second-order valence-corrected chi connectivity index (χ2v) is 17.7. The van der Waals surface area contributed by atoms with Crippen LogP contribution in [-0.2, 0) is 38.8 Å². The van der Waals surface area contributed by atoms with Crippen LogP contribution >= 0.6 is 0 Å². The molecule has 5 amide bonds. The van der Waals surface area contributed by atoms with Crippen LogP contribution in [0, 0.1) is 22.7 Å². The summed E-state index contributed by atoms with van der Waals surface area (Å²) in [5, 5.41) is 6.82. The average Bonchev–Trinajstić information content (AvgIpc) is 3.33. The van der Waals surface area contributed by atoms with Crippen molar-refractivity contribution >= 4 is 45.3 Å². The monoisotopic (exact) mass is 718 g/mol. The predicted molar refractivity (Wildman–Crippen MR) is 188 cm³/mol. The smallest absolute Gasteiger partial charge is 0.290 e. The molecule has 0 aromatic heterocycles. The van der Waals surface area contributed by atoms with Gasteiger partial charge >= 0.3 is 0 Å². The molecule has 0 radical (unpaired) electrons. The number of hydrogen-bond donors (Lipinski definition) is 4. The van der Waals surface area contributed by atoms with Crippen molar-refractivity contribution in [3.63, 3.8) is 0 Å². The van der Waals surface area contributed by atoms with E-state index in [0.29, 0.717) is 12.0 Å². The van der Waals surface area contributed by atoms with E-state index in [-0.39, 0.29) is 36.1 Å². The van der Waals surface area contributed by atoms with E-state index in [4.69, 9.17) is 0 Å². The lowest BCUT2D eigenvalue weighted by Crippen LogP contribution is -2.61. The minimum Gasteiger partial charge on any atom is -0.347 e. The molecule has 1 saturated carbocycles. The summed E-state index contributed by atoms with van der Waals surface area (Å²) < 4.78 is 28.2. The van der Waals surface area contributed by atoms with E-state index < -0.39 is 80.8 Å². The Balaban J connectivity index is 1.75. The molecule has 1 aliphatic heterocycles. The molecular formula is C35H54N6O8S. The number of hydrogen-bond acceptors (Lipinski definition) is 8. The molecule has 0 bridgehead atoms. The Morgan fingerprint density at radius 2 is 1.60 bits per heavy atom. The highest BCUT2D eigenvalue weighted by atomic mass is 32.2. The Bertz CT molecular complexity index is 1570. The Hall–Kier alpha value is -3.85. The summed E-state index contributed by atoms with van der Waals surface area (Å²) >= 11 is 0. The summed E-state index contributed by atoms with van der Waals surface area (Å²) in [7, 11) is -0.739. The first-order chi connectivity index (χ1) is 23.1. The van der Waals surface area contributed by atoms with Gasteiger partial charge in [-0.15, -0.1) is 0 Å². The molecule has 1 aromatic carbocycles. The second kappa shape index (κ2) is 15.6. The van der Waals surface area contributed by atoms with E-state index in [1.165, 1.54) is 23.6 Å². The fourth-order valence-corrected chi connectivity index (χ4v) is 7.56. The number of fused-ring (bicyclic) bond motifs is 1. The van der Waals surface area contributed by atoms with E-state index in [9.17, 15) is 37.2 Å². The van der Waals surface area contributed by atoms with Crippen LogP contribution < -0.4 is 20.7 Å². The largest absolute Gasteiger partial charge is 0.347 e. The third-order valence-electron chi connectivity index (χ3n) is 9.75. The van der Waals surface area contributed by atoms with Crippen LogP contribution in [0.2, 0.25) is 0 Å². The summed E-state index contributed by atoms with van der Waals surface area (Å²) in [6.45, 7) is 13.7. The number of nitrogens with zero attached hydrogens (tertiary/aromatic N) is 2. The molecule has 50 heavy (non-hydrogen) atoms. The highest BCUT2D eigenvalue weighted by Gasteiger charge is 2.70. The lowest BCUT2D eigenvalue weighted by Gasteiger charge is -2.38. The number of benzene rings is 1. The summed E-state index contributed by atoms with van der Waals surface area (Å²) in [6.07, 6.45) is 0.554. The number of carbonyl (C=O) groups is 6. The molecule has 1 aromatic rings. The molecule has 6 atom stereocenters. The zero-order chi connectivity index (χ0) is 37.9. The highest BCUT2D eigenvalue weighted by molar-refractivity contribution is 7.90. The first kappa shape index (κ1) is 40.6. The zero-order valence-corrected chi connectivity index (χ0v) is 31.6. The molecule has 1 heterocycles. The third-order valence-corrected chi connectivity index (χ3v) is 11.6. The normalized spacial score (nSPS) is 21.3. The highest BCUT2D eigenvalue weighted by Crippen LogP contribution is 2.65. The molecule has 1 unspecified atom stereocenters. The molecule has 2 aliphatic rings.